The van der Waals surface area contributed by atoms with Crippen molar-refractivity contribution in [2.24, 2.45) is 5.92 Å². The predicted molar refractivity (Wildman–Crippen MR) is 89.4 cm³/mol. The molecule has 1 aromatic carbocycles. The van der Waals surface area contributed by atoms with E-state index in [0.717, 1.165) is 5.56 Å². The van der Waals surface area contributed by atoms with Gasteiger partial charge in [0, 0.05) is 12.1 Å². The Morgan fingerprint density at radius 2 is 1.92 bits per heavy atom. The highest BCUT2D eigenvalue weighted by molar-refractivity contribution is 5.83. The molecule has 0 fully saturated rings. The van der Waals surface area contributed by atoms with Gasteiger partial charge in [-0.1, -0.05) is 32.0 Å². The second kappa shape index (κ2) is 7.77. The number of carboxylic acid groups (broad SMARTS) is 1. The molecular weight excluding hydrogens is 308 g/mol. The fourth-order valence-electron chi connectivity index (χ4n) is 2.41. The Morgan fingerprint density at radius 3 is 2.50 bits per heavy atom. The summed E-state index contributed by atoms with van der Waals surface area (Å²) in [6.45, 7) is 5.73. The number of oxazole rings is 1. The zero-order valence-corrected chi connectivity index (χ0v) is 14.2. The second-order valence-corrected chi connectivity index (χ2v) is 6.13. The molecule has 1 N–H and O–H groups in total. The van der Waals surface area contributed by atoms with E-state index in [1.807, 2.05) is 44.2 Å². The summed E-state index contributed by atoms with van der Waals surface area (Å²) in [7, 11) is 0. The minimum absolute atomic E-state index is 0.0299. The Kier molecular flexibility index (Phi) is 5.73. The van der Waals surface area contributed by atoms with Crippen molar-refractivity contribution in [3.8, 4) is 11.5 Å². The van der Waals surface area contributed by atoms with Gasteiger partial charge < -0.3 is 14.4 Å². The molecule has 0 saturated heterocycles. The van der Waals surface area contributed by atoms with Gasteiger partial charge in [0.15, 0.2) is 0 Å². The van der Waals surface area contributed by atoms with Gasteiger partial charge in [-0.2, -0.15) is 0 Å². The lowest BCUT2D eigenvalue weighted by Crippen LogP contribution is -2.39. The van der Waals surface area contributed by atoms with Gasteiger partial charge in [0.2, 0.25) is 11.8 Å². The molecular formula is C18H22N2O4. The minimum atomic E-state index is -1.02. The summed E-state index contributed by atoms with van der Waals surface area (Å²) < 4.78 is 5.65. The fraction of sp³-hybridized carbons (Fsp3) is 0.389. The third-order valence-corrected chi connectivity index (χ3v) is 3.50. The standard InChI is InChI=1S/C18H22N2O4/c1-12(2)10-20(11-17(22)23)16(21)9-15-13(3)24-18(19-15)14-7-5-4-6-8-14/h4-8,12H,9-11H2,1-3H3,(H,22,23). The van der Waals surface area contributed by atoms with Crippen molar-refractivity contribution in [1.29, 1.82) is 0 Å². The zero-order valence-electron chi connectivity index (χ0n) is 14.2. The van der Waals surface area contributed by atoms with E-state index in [1.54, 1.807) is 6.92 Å². The van der Waals surface area contributed by atoms with Crippen molar-refractivity contribution < 1.29 is 19.1 Å². The molecule has 0 aliphatic heterocycles. The number of benzene rings is 1. The van der Waals surface area contributed by atoms with Crippen molar-refractivity contribution in [3.05, 3.63) is 41.8 Å². The molecule has 2 aromatic rings. The Balaban J connectivity index is 2.15. The Bertz CT molecular complexity index is 707. The van der Waals surface area contributed by atoms with Crippen LogP contribution in [0.15, 0.2) is 34.7 Å². The van der Waals surface area contributed by atoms with E-state index in [1.165, 1.54) is 4.90 Å². The Hall–Kier alpha value is -2.63. The van der Waals surface area contributed by atoms with Crippen LogP contribution < -0.4 is 0 Å². The lowest BCUT2D eigenvalue weighted by atomic mass is 10.2. The maximum atomic E-state index is 12.5. The van der Waals surface area contributed by atoms with Gasteiger partial charge in [-0.05, 0) is 25.0 Å². The first-order valence-corrected chi connectivity index (χ1v) is 7.88. The average Bonchev–Trinajstić information content (AvgIpc) is 2.87. The van der Waals surface area contributed by atoms with Crippen LogP contribution in [0.25, 0.3) is 11.5 Å². The SMILES string of the molecule is Cc1oc(-c2ccccc2)nc1CC(=O)N(CC(=O)O)CC(C)C. The maximum absolute atomic E-state index is 12.5. The first-order chi connectivity index (χ1) is 11.4. The van der Waals surface area contributed by atoms with E-state index in [2.05, 4.69) is 4.98 Å². The van der Waals surface area contributed by atoms with Crippen LogP contribution in [0.2, 0.25) is 0 Å². The molecule has 6 nitrogen and oxygen atoms in total. The van der Waals surface area contributed by atoms with Gasteiger partial charge in [-0.3, -0.25) is 9.59 Å². The monoisotopic (exact) mass is 330 g/mol. The van der Waals surface area contributed by atoms with Crippen LogP contribution in [-0.4, -0.2) is 40.0 Å². The van der Waals surface area contributed by atoms with Crippen molar-refractivity contribution in [1.82, 2.24) is 9.88 Å². The van der Waals surface area contributed by atoms with Crippen molar-refractivity contribution in [3.63, 3.8) is 0 Å². The molecule has 0 unspecified atom stereocenters. The van der Waals surface area contributed by atoms with Gasteiger partial charge in [0.25, 0.3) is 0 Å². The summed E-state index contributed by atoms with van der Waals surface area (Å²) in [5.74, 6) is -0.0638. The summed E-state index contributed by atoms with van der Waals surface area (Å²) in [6.07, 6.45) is 0.0299. The number of carboxylic acids is 1. The minimum Gasteiger partial charge on any atom is -0.480 e. The topological polar surface area (TPSA) is 83.6 Å². The van der Waals surface area contributed by atoms with Gasteiger partial charge in [-0.25, -0.2) is 4.98 Å². The Morgan fingerprint density at radius 1 is 1.25 bits per heavy atom. The number of aliphatic carboxylic acids is 1. The highest BCUT2D eigenvalue weighted by atomic mass is 16.4. The number of amides is 1. The summed E-state index contributed by atoms with van der Waals surface area (Å²) in [4.78, 5) is 29.2. The van der Waals surface area contributed by atoms with Crippen LogP contribution in [0.5, 0.6) is 0 Å². The first-order valence-electron chi connectivity index (χ1n) is 7.88. The van der Waals surface area contributed by atoms with Crippen LogP contribution in [-0.2, 0) is 16.0 Å². The molecule has 2 rings (SSSR count). The number of carbonyl (C=O) groups excluding carboxylic acids is 1. The third kappa shape index (κ3) is 4.68. The predicted octanol–water partition coefficient (Wildman–Crippen LogP) is 2.76. The molecule has 0 aliphatic rings. The molecule has 0 radical (unpaired) electrons. The molecule has 24 heavy (non-hydrogen) atoms. The molecule has 6 heteroatoms. The average molecular weight is 330 g/mol. The maximum Gasteiger partial charge on any atom is 0.323 e. The van der Waals surface area contributed by atoms with E-state index in [9.17, 15) is 9.59 Å². The number of aromatic nitrogens is 1. The second-order valence-electron chi connectivity index (χ2n) is 6.13. The number of carbonyl (C=O) groups is 2. The van der Waals surface area contributed by atoms with Crippen LogP contribution in [0.4, 0.5) is 0 Å². The van der Waals surface area contributed by atoms with Crippen LogP contribution in [0, 0.1) is 12.8 Å². The quantitative estimate of drug-likeness (QED) is 0.844. The lowest BCUT2D eigenvalue weighted by molar-refractivity contribution is -0.144. The molecule has 1 heterocycles. The van der Waals surface area contributed by atoms with Gasteiger partial charge in [-0.15, -0.1) is 0 Å². The van der Waals surface area contributed by atoms with E-state index >= 15 is 0 Å². The van der Waals surface area contributed by atoms with Crippen molar-refractivity contribution in [2.45, 2.75) is 27.2 Å². The summed E-state index contributed by atoms with van der Waals surface area (Å²) >= 11 is 0. The number of hydrogen-bond acceptors (Lipinski definition) is 4. The van der Waals surface area contributed by atoms with Crippen LogP contribution in [0.3, 0.4) is 0 Å². The lowest BCUT2D eigenvalue weighted by Gasteiger charge is -2.22. The van der Waals surface area contributed by atoms with E-state index in [-0.39, 0.29) is 24.8 Å². The van der Waals surface area contributed by atoms with Gasteiger partial charge in [0.05, 0.1) is 12.1 Å². The molecule has 0 saturated carbocycles. The Labute approximate surface area is 141 Å². The van der Waals surface area contributed by atoms with Crippen LogP contribution in [0.1, 0.15) is 25.3 Å². The number of aryl methyl sites for hydroxylation is 1. The normalized spacial score (nSPS) is 10.8. The largest absolute Gasteiger partial charge is 0.480 e. The summed E-state index contributed by atoms with van der Waals surface area (Å²) in [5, 5.41) is 8.99. The number of rotatable bonds is 7. The molecule has 128 valence electrons. The van der Waals surface area contributed by atoms with Gasteiger partial charge in [0.1, 0.15) is 12.3 Å². The third-order valence-electron chi connectivity index (χ3n) is 3.50. The van der Waals surface area contributed by atoms with Gasteiger partial charge >= 0.3 is 5.97 Å². The summed E-state index contributed by atoms with van der Waals surface area (Å²) in [5.41, 5.74) is 1.38. The number of hydrogen-bond donors (Lipinski definition) is 1. The van der Waals surface area contributed by atoms with E-state index < -0.39 is 5.97 Å². The summed E-state index contributed by atoms with van der Waals surface area (Å²) in [6, 6.07) is 9.44. The molecule has 0 aliphatic carbocycles. The molecule has 0 spiro atoms. The highest BCUT2D eigenvalue weighted by Gasteiger charge is 2.21. The molecule has 0 bridgehead atoms. The van der Waals surface area contributed by atoms with E-state index in [4.69, 9.17) is 9.52 Å². The highest BCUT2D eigenvalue weighted by Crippen LogP contribution is 2.22. The fourth-order valence-corrected chi connectivity index (χ4v) is 2.41. The van der Waals surface area contributed by atoms with Crippen LogP contribution >= 0.6 is 0 Å². The molecule has 1 aromatic heterocycles. The van der Waals surface area contributed by atoms with E-state index in [0.29, 0.717) is 23.9 Å². The van der Waals surface area contributed by atoms with Crippen molar-refractivity contribution >= 4 is 11.9 Å². The number of nitrogens with zero attached hydrogens (tertiary/aromatic N) is 2. The van der Waals surface area contributed by atoms with Crippen molar-refractivity contribution in [2.75, 3.05) is 13.1 Å². The zero-order chi connectivity index (χ0) is 17.7. The smallest absolute Gasteiger partial charge is 0.323 e. The molecule has 0 atom stereocenters. The first kappa shape index (κ1) is 17.7. The molecule has 1 amide bonds.